The van der Waals surface area contributed by atoms with Crippen LogP contribution < -0.4 is 15.2 Å². The molecule has 30 heavy (non-hydrogen) atoms. The summed E-state index contributed by atoms with van der Waals surface area (Å²) < 4.78 is 107. The van der Waals surface area contributed by atoms with Gasteiger partial charge in [-0.1, -0.05) is 27.7 Å². The molecule has 1 saturated heterocycles. The lowest BCUT2D eigenvalue weighted by molar-refractivity contribution is -0.160. The topological polar surface area (TPSA) is 74.0 Å². The second-order valence-corrected chi connectivity index (χ2v) is 8.14. The highest BCUT2D eigenvalue weighted by atomic mass is 16.5. The standard InChI is InChI=1S/C24H38N2O4/c1-14(2)9-17-13-26-8-7-16-10-21(28-5)22(29-6)11-18(16)19(26)12-20(17)30-24(27)23(25)15(3)4/h10-11,14-15,17,19-20,23H,7-9,12-13,25H2,1-6H3/t17?,19?,20?,23-/m0/s1/i7D2,8D2,12D2,13D2,17D,19D. The van der Waals surface area contributed by atoms with E-state index in [-0.39, 0.29) is 16.4 Å². The molecule has 2 N–H and O–H groups in total. The zero-order valence-corrected chi connectivity index (χ0v) is 18.3. The van der Waals surface area contributed by atoms with E-state index >= 15 is 0 Å². The first-order valence-corrected chi connectivity index (χ1v) is 10.0. The molecule has 3 unspecified atom stereocenters. The molecule has 0 aromatic heterocycles. The van der Waals surface area contributed by atoms with Crippen molar-refractivity contribution in [3.63, 3.8) is 0 Å². The third-order valence-electron chi connectivity index (χ3n) is 5.00. The number of nitrogens with zero attached hydrogens (tertiary/aromatic N) is 1. The second-order valence-electron chi connectivity index (χ2n) is 8.14. The van der Waals surface area contributed by atoms with Crippen molar-refractivity contribution in [2.24, 2.45) is 23.5 Å². The molecular weight excluding hydrogens is 380 g/mol. The average Bonchev–Trinajstić information content (AvgIpc) is 2.82. The summed E-state index contributed by atoms with van der Waals surface area (Å²) in [4.78, 5) is 13.2. The third-order valence-corrected chi connectivity index (χ3v) is 5.00. The van der Waals surface area contributed by atoms with E-state index in [9.17, 15) is 10.3 Å². The molecule has 0 spiro atoms. The van der Waals surface area contributed by atoms with Crippen molar-refractivity contribution in [3.05, 3.63) is 23.3 Å². The Hall–Kier alpha value is -1.79. The summed E-state index contributed by atoms with van der Waals surface area (Å²) in [6.45, 7) is -0.0854. The zero-order valence-electron chi connectivity index (χ0n) is 28.3. The lowest BCUT2D eigenvalue weighted by Crippen LogP contribution is -2.51. The highest BCUT2D eigenvalue weighted by Gasteiger charge is 2.41. The molecule has 2 heterocycles. The normalized spacial score (nSPS) is 41.4. The summed E-state index contributed by atoms with van der Waals surface area (Å²) >= 11 is 0. The Kier molecular flexibility index (Phi) is 4.12. The molecule has 0 radical (unpaired) electrons. The lowest BCUT2D eigenvalue weighted by Gasteiger charge is -2.47. The van der Waals surface area contributed by atoms with Crippen LogP contribution in [0.25, 0.3) is 0 Å². The molecule has 6 heteroatoms. The summed E-state index contributed by atoms with van der Waals surface area (Å²) in [5.41, 5.74) is 5.04. The van der Waals surface area contributed by atoms with Crippen LogP contribution in [-0.2, 0) is 15.9 Å². The number of benzene rings is 1. The van der Waals surface area contributed by atoms with E-state index in [0.717, 1.165) is 12.1 Å². The maximum Gasteiger partial charge on any atom is 0.323 e. The van der Waals surface area contributed by atoms with Gasteiger partial charge in [-0.2, -0.15) is 0 Å². The van der Waals surface area contributed by atoms with Gasteiger partial charge in [0.1, 0.15) is 12.1 Å². The van der Waals surface area contributed by atoms with Crippen LogP contribution in [0.15, 0.2) is 12.1 Å². The first kappa shape index (κ1) is 12.9. The van der Waals surface area contributed by atoms with E-state index in [0.29, 0.717) is 0 Å². The minimum atomic E-state index is -3.37. The van der Waals surface area contributed by atoms with Gasteiger partial charge in [0.15, 0.2) is 11.5 Å². The van der Waals surface area contributed by atoms with Crippen LogP contribution in [0, 0.1) is 17.7 Å². The minimum Gasteiger partial charge on any atom is -0.493 e. The molecule has 3 rings (SSSR count). The SMILES string of the molecule is [2H]C1([2H])c2cc(OC)c(OC)cc2C2([2H])N(C1([2H])[2H])C([2H])([2H])C([2H])(CC(C)C)C(OC(=O)[C@@H](N)C(C)C)C2([2H])[2H]. The molecule has 168 valence electrons. The van der Waals surface area contributed by atoms with Crippen LogP contribution >= 0.6 is 0 Å². The predicted molar refractivity (Wildman–Crippen MR) is 118 cm³/mol. The van der Waals surface area contributed by atoms with Crippen molar-refractivity contribution in [2.45, 2.75) is 65.0 Å². The lowest BCUT2D eigenvalue weighted by atomic mass is 9.79. The van der Waals surface area contributed by atoms with E-state index in [1.165, 1.54) is 14.2 Å². The van der Waals surface area contributed by atoms with Gasteiger partial charge in [-0.25, -0.2) is 0 Å². The highest BCUT2D eigenvalue weighted by molar-refractivity contribution is 5.76. The van der Waals surface area contributed by atoms with Crippen LogP contribution in [0.1, 0.15) is 71.3 Å². The smallest absolute Gasteiger partial charge is 0.323 e. The average molecular weight is 429 g/mol. The number of fused-ring (bicyclic) bond motifs is 3. The molecular formula is C24H38N2O4. The Morgan fingerprint density at radius 1 is 1.27 bits per heavy atom. The number of carbonyl (C=O) groups is 1. The van der Waals surface area contributed by atoms with Crippen molar-refractivity contribution >= 4 is 5.97 Å². The van der Waals surface area contributed by atoms with Gasteiger partial charge in [-0.05, 0) is 47.9 Å². The third kappa shape index (κ3) is 4.75. The molecule has 0 bridgehead atoms. The Morgan fingerprint density at radius 2 is 1.93 bits per heavy atom. The number of esters is 1. The highest BCUT2D eigenvalue weighted by Crippen LogP contribution is 2.44. The number of methoxy groups -OCH3 is 2. The van der Waals surface area contributed by atoms with Crippen molar-refractivity contribution < 1.29 is 32.7 Å². The van der Waals surface area contributed by atoms with E-state index in [4.69, 9.17) is 28.2 Å². The summed E-state index contributed by atoms with van der Waals surface area (Å²) in [5, 5.41) is 0. The van der Waals surface area contributed by atoms with E-state index in [1.807, 2.05) is 0 Å². The first-order chi connectivity index (χ1) is 18.0. The predicted octanol–water partition coefficient (Wildman–Crippen LogP) is 3.56. The van der Waals surface area contributed by atoms with Gasteiger partial charge < -0.3 is 19.9 Å². The summed E-state index contributed by atoms with van der Waals surface area (Å²) in [5.74, 6) is -4.76. The summed E-state index contributed by atoms with van der Waals surface area (Å²) in [6.07, 6.45) is -8.86. The molecule has 1 aromatic carbocycles. The van der Waals surface area contributed by atoms with Crippen molar-refractivity contribution in [1.82, 2.24) is 4.90 Å². The van der Waals surface area contributed by atoms with E-state index in [2.05, 4.69) is 0 Å². The molecule has 0 aliphatic carbocycles. The first-order valence-electron chi connectivity index (χ1n) is 15.0. The fraction of sp³-hybridized carbons (Fsp3) is 0.708. The molecule has 0 amide bonds. The monoisotopic (exact) mass is 428 g/mol. The Labute approximate surface area is 195 Å². The van der Waals surface area contributed by atoms with Gasteiger partial charge in [0, 0.05) is 43.6 Å². The fourth-order valence-corrected chi connectivity index (χ4v) is 3.27. The Balaban J connectivity index is 2.50. The number of rotatable bonds is 7. The number of nitrogens with two attached hydrogens (primary N) is 1. The number of hydrogen-bond acceptors (Lipinski definition) is 6. The molecule has 4 atom stereocenters. The Bertz CT molecular complexity index is 1160. The molecule has 1 fully saturated rings. The molecule has 6 nitrogen and oxygen atoms in total. The quantitative estimate of drug-likeness (QED) is 0.670. The van der Waals surface area contributed by atoms with Gasteiger partial charge in [0.2, 0.25) is 0 Å². The number of carbonyl (C=O) groups excluding carboxylic acids is 1. The molecule has 2 aliphatic rings. The number of aryl methyl sites for hydroxylation is 1. The number of hydrogen-bond donors (Lipinski definition) is 1. The van der Waals surface area contributed by atoms with Gasteiger partial charge in [-0.3, -0.25) is 9.69 Å². The maximum absolute atomic E-state index is 13.1. The van der Waals surface area contributed by atoms with Gasteiger partial charge in [0.05, 0.1) is 15.6 Å². The summed E-state index contributed by atoms with van der Waals surface area (Å²) in [6, 6.07) is -2.10. The zero-order chi connectivity index (χ0) is 31.0. The number of ether oxygens (including phenoxy) is 3. The maximum atomic E-state index is 13.1. The van der Waals surface area contributed by atoms with Gasteiger partial charge in [-0.15, -0.1) is 0 Å². The summed E-state index contributed by atoms with van der Waals surface area (Å²) in [7, 11) is 2.53. The van der Waals surface area contributed by atoms with Crippen LogP contribution in [0.2, 0.25) is 0 Å². The van der Waals surface area contributed by atoms with Gasteiger partial charge >= 0.3 is 5.97 Å². The van der Waals surface area contributed by atoms with Crippen molar-refractivity contribution in [3.8, 4) is 11.5 Å². The number of piperidine rings is 1. The van der Waals surface area contributed by atoms with Crippen LogP contribution in [0.4, 0.5) is 0 Å². The van der Waals surface area contributed by atoms with E-state index in [1.54, 1.807) is 27.7 Å². The molecule has 0 saturated carbocycles. The van der Waals surface area contributed by atoms with Crippen LogP contribution in [0.5, 0.6) is 11.5 Å². The van der Waals surface area contributed by atoms with Crippen LogP contribution in [-0.4, -0.2) is 50.2 Å². The van der Waals surface area contributed by atoms with Crippen molar-refractivity contribution in [1.29, 1.82) is 0 Å². The fourth-order valence-electron chi connectivity index (χ4n) is 3.27. The molecule has 2 aliphatic heterocycles. The van der Waals surface area contributed by atoms with Crippen molar-refractivity contribution in [2.75, 3.05) is 27.2 Å². The van der Waals surface area contributed by atoms with Gasteiger partial charge in [0.25, 0.3) is 0 Å². The molecule has 1 aromatic rings. The minimum absolute atomic E-state index is 0.0158. The second kappa shape index (κ2) is 9.56. The van der Waals surface area contributed by atoms with E-state index < -0.39 is 85.2 Å². The Morgan fingerprint density at radius 3 is 2.53 bits per heavy atom. The van der Waals surface area contributed by atoms with Crippen LogP contribution in [0.3, 0.4) is 0 Å². The largest absolute Gasteiger partial charge is 0.493 e.